The molecule has 5 nitrogen and oxygen atoms in total. The minimum absolute atomic E-state index is 0.258. The van der Waals surface area contributed by atoms with Crippen molar-refractivity contribution in [1.29, 1.82) is 0 Å². The van der Waals surface area contributed by atoms with Crippen molar-refractivity contribution in [1.82, 2.24) is 20.1 Å². The molecule has 0 aliphatic heterocycles. The van der Waals surface area contributed by atoms with Gasteiger partial charge in [-0.15, -0.1) is 0 Å². The molecule has 1 N–H and O–H groups in total. The molecule has 0 saturated heterocycles. The number of rotatable bonds is 6. The molecule has 0 aliphatic carbocycles. The van der Waals surface area contributed by atoms with E-state index in [0.29, 0.717) is 25.5 Å². The van der Waals surface area contributed by atoms with Crippen LogP contribution in [0.1, 0.15) is 17.2 Å². The minimum atomic E-state index is -0.258. The number of benzene rings is 1. The summed E-state index contributed by atoms with van der Waals surface area (Å²) in [6.45, 7) is 5.59. The van der Waals surface area contributed by atoms with Crippen molar-refractivity contribution in [2.24, 2.45) is 0 Å². The van der Waals surface area contributed by atoms with E-state index < -0.39 is 0 Å². The molecule has 1 aromatic carbocycles. The Bertz CT molecular complexity index is 583. The maximum absolute atomic E-state index is 13.4. The molecular weight excluding hydrogens is 259 g/mol. The lowest BCUT2D eigenvalue weighted by molar-refractivity contribution is 0.199. The highest BCUT2D eigenvalue weighted by Crippen LogP contribution is 2.17. The Labute approximate surface area is 117 Å². The summed E-state index contributed by atoms with van der Waals surface area (Å²) in [5.41, 5.74) is 1.68. The molecule has 108 valence electrons. The van der Waals surface area contributed by atoms with E-state index >= 15 is 0 Å². The molecule has 6 heteroatoms. The van der Waals surface area contributed by atoms with Crippen molar-refractivity contribution >= 4 is 0 Å². The van der Waals surface area contributed by atoms with E-state index in [4.69, 9.17) is 4.74 Å². The van der Waals surface area contributed by atoms with E-state index in [9.17, 15) is 4.39 Å². The van der Waals surface area contributed by atoms with E-state index in [1.807, 2.05) is 13.8 Å². The molecule has 0 bridgehead atoms. The van der Waals surface area contributed by atoms with Crippen LogP contribution in [0.2, 0.25) is 0 Å². The summed E-state index contributed by atoms with van der Waals surface area (Å²) < 4.78 is 20.2. The summed E-state index contributed by atoms with van der Waals surface area (Å²) in [7, 11) is 1.65. The molecule has 0 atom stereocenters. The lowest BCUT2D eigenvalue weighted by Crippen LogP contribution is -2.20. The van der Waals surface area contributed by atoms with Gasteiger partial charge in [-0.3, -0.25) is 0 Å². The van der Waals surface area contributed by atoms with E-state index in [1.165, 1.54) is 12.1 Å². The SMILES string of the molecule is COCCNCc1cc(F)ccc1-n1nc(C)nc1C. The fourth-order valence-corrected chi connectivity index (χ4v) is 2.05. The number of halogens is 1. The van der Waals surface area contributed by atoms with Crippen LogP contribution in [0.5, 0.6) is 0 Å². The van der Waals surface area contributed by atoms with E-state index in [0.717, 1.165) is 17.1 Å². The van der Waals surface area contributed by atoms with Crippen LogP contribution >= 0.6 is 0 Å². The molecule has 2 rings (SSSR count). The average molecular weight is 278 g/mol. The Morgan fingerprint density at radius 1 is 1.35 bits per heavy atom. The van der Waals surface area contributed by atoms with Crippen molar-refractivity contribution in [3.05, 3.63) is 41.2 Å². The van der Waals surface area contributed by atoms with Crippen molar-refractivity contribution < 1.29 is 9.13 Å². The first-order chi connectivity index (χ1) is 9.61. The molecule has 0 spiro atoms. The second kappa shape index (κ2) is 6.58. The Morgan fingerprint density at radius 2 is 2.15 bits per heavy atom. The molecular formula is C14H19FN4O. The number of nitrogens with zero attached hydrogens (tertiary/aromatic N) is 3. The highest BCUT2D eigenvalue weighted by Gasteiger charge is 2.10. The van der Waals surface area contributed by atoms with Crippen molar-refractivity contribution in [3.63, 3.8) is 0 Å². The van der Waals surface area contributed by atoms with Gasteiger partial charge < -0.3 is 10.1 Å². The van der Waals surface area contributed by atoms with Gasteiger partial charge in [0, 0.05) is 20.2 Å². The first-order valence-corrected chi connectivity index (χ1v) is 6.50. The quantitative estimate of drug-likeness (QED) is 0.818. The summed E-state index contributed by atoms with van der Waals surface area (Å²) in [5, 5.41) is 7.56. The van der Waals surface area contributed by atoms with Crippen LogP contribution in [0, 0.1) is 19.7 Å². The zero-order valence-electron chi connectivity index (χ0n) is 12.0. The van der Waals surface area contributed by atoms with Gasteiger partial charge in [0.25, 0.3) is 0 Å². The van der Waals surface area contributed by atoms with Crippen LogP contribution < -0.4 is 5.32 Å². The normalized spacial score (nSPS) is 11.0. The Hall–Kier alpha value is -1.79. The zero-order chi connectivity index (χ0) is 14.5. The van der Waals surface area contributed by atoms with Gasteiger partial charge in [0.2, 0.25) is 0 Å². The van der Waals surface area contributed by atoms with Gasteiger partial charge in [0.05, 0.1) is 12.3 Å². The van der Waals surface area contributed by atoms with Crippen molar-refractivity contribution in [2.75, 3.05) is 20.3 Å². The first-order valence-electron chi connectivity index (χ1n) is 6.50. The van der Waals surface area contributed by atoms with Gasteiger partial charge in [-0.1, -0.05) is 0 Å². The topological polar surface area (TPSA) is 52.0 Å². The van der Waals surface area contributed by atoms with Crippen LogP contribution in [0.25, 0.3) is 5.69 Å². The predicted octanol–water partition coefficient (Wildman–Crippen LogP) is 1.76. The average Bonchev–Trinajstić information content (AvgIpc) is 2.74. The minimum Gasteiger partial charge on any atom is -0.383 e. The summed E-state index contributed by atoms with van der Waals surface area (Å²) in [4.78, 5) is 4.28. The van der Waals surface area contributed by atoms with Gasteiger partial charge >= 0.3 is 0 Å². The standard InChI is InChI=1S/C14H19FN4O/c1-10-17-11(2)19(18-10)14-5-4-13(15)8-12(14)9-16-6-7-20-3/h4-5,8,16H,6-7,9H2,1-3H3. The molecule has 1 aromatic heterocycles. The molecule has 0 fully saturated rings. The van der Waals surface area contributed by atoms with E-state index in [-0.39, 0.29) is 5.82 Å². The van der Waals surface area contributed by atoms with Gasteiger partial charge in [0.15, 0.2) is 0 Å². The zero-order valence-corrected chi connectivity index (χ0v) is 12.0. The lowest BCUT2D eigenvalue weighted by atomic mass is 10.1. The van der Waals surface area contributed by atoms with Crippen LogP contribution in [-0.4, -0.2) is 35.0 Å². The third-order valence-electron chi connectivity index (χ3n) is 2.94. The molecule has 0 amide bonds. The predicted molar refractivity (Wildman–Crippen MR) is 74.4 cm³/mol. The number of ether oxygens (including phenoxy) is 1. The summed E-state index contributed by atoms with van der Waals surface area (Å²) in [6.07, 6.45) is 0. The summed E-state index contributed by atoms with van der Waals surface area (Å²) in [5.74, 6) is 1.23. The summed E-state index contributed by atoms with van der Waals surface area (Å²) in [6, 6.07) is 4.68. The van der Waals surface area contributed by atoms with Gasteiger partial charge in [0.1, 0.15) is 17.5 Å². The molecule has 20 heavy (non-hydrogen) atoms. The Kier molecular flexibility index (Phi) is 4.81. The van der Waals surface area contributed by atoms with Gasteiger partial charge in [-0.05, 0) is 37.6 Å². The highest BCUT2D eigenvalue weighted by molar-refractivity contribution is 5.41. The molecule has 0 unspecified atom stereocenters. The third-order valence-corrected chi connectivity index (χ3v) is 2.94. The Morgan fingerprint density at radius 3 is 2.80 bits per heavy atom. The molecule has 1 heterocycles. The van der Waals surface area contributed by atoms with E-state index in [1.54, 1.807) is 17.9 Å². The maximum atomic E-state index is 13.4. The highest BCUT2D eigenvalue weighted by atomic mass is 19.1. The number of methoxy groups -OCH3 is 1. The summed E-state index contributed by atoms with van der Waals surface area (Å²) >= 11 is 0. The Balaban J connectivity index is 2.26. The smallest absolute Gasteiger partial charge is 0.148 e. The molecule has 2 aromatic rings. The number of hydrogen-bond acceptors (Lipinski definition) is 4. The van der Waals surface area contributed by atoms with Crippen molar-refractivity contribution in [2.45, 2.75) is 20.4 Å². The second-order valence-electron chi connectivity index (χ2n) is 4.56. The van der Waals surface area contributed by atoms with Gasteiger partial charge in [-0.2, -0.15) is 5.10 Å². The van der Waals surface area contributed by atoms with Crippen LogP contribution in [0.4, 0.5) is 4.39 Å². The van der Waals surface area contributed by atoms with Crippen LogP contribution in [0.3, 0.4) is 0 Å². The van der Waals surface area contributed by atoms with Crippen molar-refractivity contribution in [3.8, 4) is 5.69 Å². The molecule has 0 radical (unpaired) electrons. The molecule has 0 saturated carbocycles. The second-order valence-corrected chi connectivity index (χ2v) is 4.56. The van der Waals surface area contributed by atoms with Gasteiger partial charge in [-0.25, -0.2) is 14.1 Å². The lowest BCUT2D eigenvalue weighted by Gasteiger charge is -2.11. The number of nitrogens with one attached hydrogen (secondary N) is 1. The number of aromatic nitrogens is 3. The monoisotopic (exact) mass is 278 g/mol. The van der Waals surface area contributed by atoms with Crippen LogP contribution in [-0.2, 0) is 11.3 Å². The van der Waals surface area contributed by atoms with E-state index in [2.05, 4.69) is 15.4 Å². The number of hydrogen-bond donors (Lipinski definition) is 1. The maximum Gasteiger partial charge on any atom is 0.148 e. The largest absolute Gasteiger partial charge is 0.383 e. The molecule has 0 aliphatic rings. The fraction of sp³-hybridized carbons (Fsp3) is 0.429. The fourth-order valence-electron chi connectivity index (χ4n) is 2.05. The van der Waals surface area contributed by atoms with Crippen LogP contribution in [0.15, 0.2) is 18.2 Å². The number of aryl methyl sites for hydroxylation is 2. The first kappa shape index (κ1) is 14.6. The third kappa shape index (κ3) is 3.40.